The van der Waals surface area contributed by atoms with Gasteiger partial charge in [0, 0.05) is 29.7 Å². The van der Waals surface area contributed by atoms with Gasteiger partial charge in [0.1, 0.15) is 28.5 Å². The van der Waals surface area contributed by atoms with Crippen LogP contribution in [0.5, 0.6) is 5.75 Å². The fourth-order valence-corrected chi connectivity index (χ4v) is 5.32. The van der Waals surface area contributed by atoms with Gasteiger partial charge < -0.3 is 9.26 Å². The summed E-state index contributed by atoms with van der Waals surface area (Å²) >= 11 is 0. The van der Waals surface area contributed by atoms with Crippen molar-refractivity contribution in [2.45, 2.75) is 23.4 Å². The number of methoxy groups -OCH3 is 1. The molecule has 1 N–H and O–H groups in total. The van der Waals surface area contributed by atoms with E-state index in [4.69, 9.17) is 4.74 Å². The average molecular weight is 541 g/mol. The van der Waals surface area contributed by atoms with E-state index in [1.54, 1.807) is 0 Å². The Hall–Kier alpha value is -3.94. The fourth-order valence-electron chi connectivity index (χ4n) is 4.23. The molecule has 5 rings (SSSR count). The van der Waals surface area contributed by atoms with Crippen LogP contribution in [0, 0.1) is 17.6 Å². The molecule has 0 radical (unpaired) electrons. The summed E-state index contributed by atoms with van der Waals surface area (Å²) in [7, 11) is -3.26. The van der Waals surface area contributed by atoms with E-state index >= 15 is 8.78 Å². The number of aromatic nitrogens is 2. The molecule has 1 aliphatic rings. The molecule has 14 heteroatoms. The Bertz CT molecular complexity index is 1680. The lowest BCUT2D eigenvalue weighted by molar-refractivity contribution is -0.148. The van der Waals surface area contributed by atoms with Crippen molar-refractivity contribution in [2.75, 3.05) is 11.8 Å². The average Bonchev–Trinajstić information content (AvgIpc) is 3.48. The van der Waals surface area contributed by atoms with E-state index in [0.717, 1.165) is 41.2 Å². The lowest BCUT2D eigenvalue weighted by Crippen LogP contribution is -2.20. The van der Waals surface area contributed by atoms with Gasteiger partial charge in [-0.3, -0.25) is 14.1 Å². The molecule has 2 aromatic heterocycles. The number of nitrogens with zero attached hydrogens (tertiary/aromatic N) is 2. The normalized spacial score (nSPS) is 17.7. The molecular weight excluding hydrogens is 525 g/mol. The maximum atomic E-state index is 15.1. The highest BCUT2D eigenvalue weighted by Gasteiger charge is 2.57. The lowest BCUT2D eigenvalue weighted by atomic mass is 10.1. The first kappa shape index (κ1) is 24.7. The Balaban J connectivity index is 1.63. The van der Waals surface area contributed by atoms with Crippen LogP contribution in [0.1, 0.15) is 17.9 Å². The smallest absolute Gasteiger partial charge is 0.392 e. The van der Waals surface area contributed by atoms with Crippen molar-refractivity contribution in [1.29, 1.82) is 0 Å². The van der Waals surface area contributed by atoms with Gasteiger partial charge in [-0.2, -0.15) is 13.2 Å². The van der Waals surface area contributed by atoms with Gasteiger partial charge in [0.25, 0.3) is 15.6 Å². The summed E-state index contributed by atoms with van der Waals surface area (Å²) in [6, 6.07) is 7.18. The molecule has 1 aliphatic carbocycles. The molecular formula is C23H16F5N3O5S. The molecule has 2 aromatic carbocycles. The van der Waals surface area contributed by atoms with Crippen molar-refractivity contribution in [1.82, 2.24) is 9.72 Å². The SMILES string of the molecule is COc1cc([C@H]2C[C@@H]2C(F)(F)F)c(F)cc1-n1c(=O)ccc2cc(S(=O)(=O)Nc3ccon3)c(F)cc21. The second-order valence-corrected chi connectivity index (χ2v) is 10.0. The van der Waals surface area contributed by atoms with Crippen LogP contribution in [0.15, 0.2) is 62.9 Å². The molecule has 1 saturated carbocycles. The lowest BCUT2D eigenvalue weighted by Gasteiger charge is -2.17. The minimum absolute atomic E-state index is 0.0902. The molecule has 0 unspecified atom stereocenters. The fraction of sp³-hybridized carbons (Fsp3) is 0.217. The zero-order valence-electron chi connectivity index (χ0n) is 18.7. The van der Waals surface area contributed by atoms with Crippen molar-refractivity contribution in [3.63, 3.8) is 0 Å². The van der Waals surface area contributed by atoms with E-state index in [9.17, 15) is 26.4 Å². The first-order chi connectivity index (χ1) is 17.4. The zero-order valence-corrected chi connectivity index (χ0v) is 19.5. The number of anilines is 1. The largest absolute Gasteiger partial charge is 0.495 e. The number of pyridine rings is 1. The summed E-state index contributed by atoms with van der Waals surface area (Å²) in [5.74, 6) is -5.30. The van der Waals surface area contributed by atoms with E-state index in [1.807, 2.05) is 4.72 Å². The third-order valence-electron chi connectivity index (χ3n) is 6.06. The Kier molecular flexibility index (Phi) is 5.73. The number of benzene rings is 2. The maximum absolute atomic E-state index is 15.1. The van der Waals surface area contributed by atoms with E-state index in [-0.39, 0.29) is 40.1 Å². The maximum Gasteiger partial charge on any atom is 0.392 e. The molecule has 194 valence electrons. The van der Waals surface area contributed by atoms with Gasteiger partial charge in [0.2, 0.25) is 0 Å². The molecule has 1 fully saturated rings. The quantitative estimate of drug-likeness (QED) is 0.354. The highest BCUT2D eigenvalue weighted by atomic mass is 32.2. The Morgan fingerprint density at radius 3 is 2.49 bits per heavy atom. The van der Waals surface area contributed by atoms with Gasteiger partial charge >= 0.3 is 6.18 Å². The standard InChI is InChI=1S/C23H16F5N3O5S/c1-35-19-8-13(12-7-14(12)23(26,27)28)15(24)9-18(19)31-17-10-16(25)20(6-11(17)2-3-22(31)32)37(33,34)30-21-4-5-36-29-21/h2-6,8-10,12,14H,7H2,1H3,(H,29,30)/t12-,14+/m1/s1. The van der Waals surface area contributed by atoms with Crippen LogP contribution in [-0.4, -0.2) is 31.4 Å². The number of fused-ring (bicyclic) bond motifs is 1. The highest BCUT2D eigenvalue weighted by molar-refractivity contribution is 7.92. The summed E-state index contributed by atoms with van der Waals surface area (Å²) in [5, 5.41) is 3.50. The van der Waals surface area contributed by atoms with Crippen LogP contribution < -0.4 is 15.0 Å². The summed E-state index contributed by atoms with van der Waals surface area (Å²) in [4.78, 5) is 12.0. The molecule has 0 spiro atoms. The molecule has 2 atom stereocenters. The molecule has 0 saturated heterocycles. The Labute approximate surface area is 205 Å². The molecule has 4 aromatic rings. The number of rotatable bonds is 6. The first-order valence-corrected chi connectivity index (χ1v) is 12.1. The van der Waals surface area contributed by atoms with Crippen LogP contribution in [0.3, 0.4) is 0 Å². The van der Waals surface area contributed by atoms with Crippen LogP contribution in [0.25, 0.3) is 16.6 Å². The van der Waals surface area contributed by atoms with Gasteiger partial charge in [-0.25, -0.2) is 17.2 Å². The van der Waals surface area contributed by atoms with Gasteiger partial charge in [0.15, 0.2) is 5.82 Å². The monoisotopic (exact) mass is 541 g/mol. The summed E-state index contributed by atoms with van der Waals surface area (Å²) in [6.45, 7) is 0. The van der Waals surface area contributed by atoms with Crippen LogP contribution >= 0.6 is 0 Å². The van der Waals surface area contributed by atoms with Crippen LogP contribution in [0.4, 0.5) is 27.8 Å². The third kappa shape index (κ3) is 4.41. The third-order valence-corrected chi connectivity index (χ3v) is 7.43. The van der Waals surface area contributed by atoms with Crippen molar-refractivity contribution in [3.8, 4) is 11.4 Å². The predicted molar refractivity (Wildman–Crippen MR) is 120 cm³/mol. The Morgan fingerprint density at radius 2 is 1.86 bits per heavy atom. The predicted octanol–water partition coefficient (Wildman–Crippen LogP) is 4.73. The van der Waals surface area contributed by atoms with Gasteiger partial charge in [-0.15, -0.1) is 0 Å². The molecule has 0 bridgehead atoms. The van der Waals surface area contributed by atoms with E-state index in [2.05, 4.69) is 9.68 Å². The first-order valence-electron chi connectivity index (χ1n) is 10.6. The number of sulfonamides is 1. The van der Waals surface area contributed by atoms with Crippen molar-refractivity contribution < 1.29 is 39.6 Å². The van der Waals surface area contributed by atoms with Gasteiger partial charge in [0.05, 0.1) is 24.2 Å². The number of halogens is 5. The topological polar surface area (TPSA) is 103 Å². The molecule has 8 nitrogen and oxygen atoms in total. The molecule has 0 amide bonds. The molecule has 37 heavy (non-hydrogen) atoms. The number of alkyl halides is 3. The van der Waals surface area contributed by atoms with E-state index < -0.39 is 50.1 Å². The summed E-state index contributed by atoms with van der Waals surface area (Å²) < 4.78 is 107. The van der Waals surface area contributed by atoms with Gasteiger partial charge in [-0.05, 0) is 36.1 Å². The van der Waals surface area contributed by atoms with Crippen molar-refractivity contribution in [2.24, 2.45) is 5.92 Å². The summed E-state index contributed by atoms with van der Waals surface area (Å²) in [6.07, 6.45) is -3.65. The van der Waals surface area contributed by atoms with Gasteiger partial charge in [-0.1, -0.05) is 5.16 Å². The number of hydrogen-bond acceptors (Lipinski definition) is 6. The van der Waals surface area contributed by atoms with Crippen LogP contribution in [0.2, 0.25) is 0 Å². The van der Waals surface area contributed by atoms with Crippen molar-refractivity contribution in [3.05, 3.63) is 76.3 Å². The van der Waals surface area contributed by atoms with E-state index in [0.29, 0.717) is 0 Å². The Morgan fingerprint density at radius 1 is 1.11 bits per heavy atom. The van der Waals surface area contributed by atoms with E-state index in [1.165, 1.54) is 19.2 Å². The minimum Gasteiger partial charge on any atom is -0.495 e. The minimum atomic E-state index is -4.48. The highest BCUT2D eigenvalue weighted by Crippen LogP contribution is 2.57. The number of ether oxygens (including phenoxy) is 1. The second-order valence-electron chi connectivity index (χ2n) is 8.37. The van der Waals surface area contributed by atoms with Crippen molar-refractivity contribution >= 4 is 26.7 Å². The number of hydrogen-bond donors (Lipinski definition) is 1. The second kappa shape index (κ2) is 8.57. The summed E-state index contributed by atoms with van der Waals surface area (Å²) in [5.41, 5.74) is -1.28. The molecule has 0 aliphatic heterocycles. The number of nitrogens with one attached hydrogen (secondary N) is 1. The molecule has 2 heterocycles. The zero-order chi connectivity index (χ0) is 26.7. The van der Waals surface area contributed by atoms with Crippen LogP contribution in [-0.2, 0) is 10.0 Å².